The van der Waals surface area contributed by atoms with E-state index < -0.39 is 21.5 Å². The molecule has 10 heteroatoms. The van der Waals surface area contributed by atoms with Crippen LogP contribution in [0, 0.1) is 11.5 Å². The topological polar surface area (TPSA) is 127 Å². The van der Waals surface area contributed by atoms with Gasteiger partial charge in [-0.2, -0.15) is 5.26 Å². The van der Waals surface area contributed by atoms with Crippen molar-refractivity contribution in [3.05, 3.63) is 39.5 Å². The molecule has 0 bridgehead atoms. The van der Waals surface area contributed by atoms with Gasteiger partial charge >= 0.3 is 6.03 Å². The molecule has 2 aliphatic rings. The van der Waals surface area contributed by atoms with Crippen LogP contribution >= 0.6 is 11.3 Å². The lowest BCUT2D eigenvalue weighted by Crippen LogP contribution is -2.25. The molecule has 2 aromatic rings. The summed E-state index contributed by atoms with van der Waals surface area (Å²) in [5.41, 5.74) is 4.25. The van der Waals surface area contributed by atoms with Crippen LogP contribution < -0.4 is 10.0 Å². The third kappa shape index (κ3) is 3.15. The molecule has 0 fully saturated rings. The van der Waals surface area contributed by atoms with Crippen LogP contribution in [0.15, 0.2) is 20.8 Å². The van der Waals surface area contributed by atoms with Crippen LogP contribution in [-0.2, 0) is 41.2 Å². The van der Waals surface area contributed by atoms with Crippen molar-refractivity contribution in [2.75, 3.05) is 5.32 Å². The minimum Gasteiger partial charge on any atom is -0.383 e. The number of hydrogen-bond donors (Lipinski definition) is 3. The number of urea groups is 1. The number of aliphatic hydroxyl groups is 1. The molecule has 2 aliphatic carbocycles. The number of thiazole rings is 1. The van der Waals surface area contributed by atoms with Gasteiger partial charge in [-0.15, -0.1) is 15.7 Å². The molecule has 8 nitrogen and oxygen atoms in total. The number of anilines is 1. The van der Waals surface area contributed by atoms with Crippen LogP contribution in [0.1, 0.15) is 41.1 Å². The Morgan fingerprint density at radius 3 is 2.43 bits per heavy atom. The van der Waals surface area contributed by atoms with E-state index in [1.54, 1.807) is 20.0 Å². The first-order chi connectivity index (χ1) is 13.2. The quantitative estimate of drug-likeness (QED) is 0.520. The summed E-state index contributed by atoms with van der Waals surface area (Å²) in [5, 5.41) is 22.2. The van der Waals surface area contributed by atoms with E-state index in [1.165, 1.54) is 17.3 Å². The standard InChI is InChI=1S/C18H19N5O3S2/c1-18(2,25)16-20-8-14(27-16)28(26,21-9-19)23-17(24)22-15-12-5-3-10(12)7-11-4-6-13(11)15/h7-8,25H,3-6H2,1-2H3,(H2,21,22,23,24,26)/t28-/m1/s1. The SMILES string of the molecule is CC(C)(O)c1ncc([S@](=O)(=NC(=O)Nc2c3c(cc4c2CC4)CC3)NC#N)s1. The van der Waals surface area contributed by atoms with Crippen molar-refractivity contribution >= 4 is 33.0 Å². The van der Waals surface area contributed by atoms with E-state index in [-0.39, 0.29) is 4.21 Å². The number of carbonyl (C=O) groups excluding carboxylic acids is 1. The van der Waals surface area contributed by atoms with Gasteiger partial charge in [-0.05, 0) is 61.8 Å². The largest absolute Gasteiger partial charge is 0.383 e. The third-order valence-corrected chi connectivity index (χ3v) is 8.40. The average Bonchev–Trinajstić information content (AvgIpc) is 3.02. The second-order valence-corrected chi connectivity index (χ2v) is 10.5. The number of carbonyl (C=O) groups is 1. The van der Waals surface area contributed by atoms with Crippen molar-refractivity contribution in [3.8, 4) is 6.19 Å². The highest BCUT2D eigenvalue weighted by Crippen LogP contribution is 2.40. The Labute approximate surface area is 166 Å². The molecule has 1 aromatic carbocycles. The van der Waals surface area contributed by atoms with E-state index in [9.17, 15) is 14.1 Å². The number of amides is 2. The molecule has 1 aromatic heterocycles. The summed E-state index contributed by atoms with van der Waals surface area (Å²) in [4.78, 5) is 16.6. The maximum absolute atomic E-state index is 13.2. The molecule has 0 radical (unpaired) electrons. The molecule has 3 N–H and O–H groups in total. The fraction of sp³-hybridized carbons (Fsp3) is 0.389. The zero-order valence-electron chi connectivity index (χ0n) is 15.4. The Bertz CT molecular complexity index is 1120. The molecule has 1 heterocycles. The number of aromatic nitrogens is 1. The molecule has 0 aliphatic heterocycles. The molecule has 0 unspecified atom stereocenters. The highest BCUT2D eigenvalue weighted by molar-refractivity contribution is 7.94. The van der Waals surface area contributed by atoms with E-state index in [1.807, 2.05) is 0 Å². The van der Waals surface area contributed by atoms with Gasteiger partial charge in [-0.25, -0.2) is 18.7 Å². The van der Waals surface area contributed by atoms with Crippen molar-refractivity contribution in [1.29, 1.82) is 5.26 Å². The second kappa shape index (κ2) is 6.55. The lowest BCUT2D eigenvalue weighted by Gasteiger charge is -2.31. The highest BCUT2D eigenvalue weighted by Gasteiger charge is 2.29. The number of nitrogens with one attached hydrogen (secondary N) is 2. The summed E-state index contributed by atoms with van der Waals surface area (Å²) in [6, 6.07) is 1.42. The molecule has 28 heavy (non-hydrogen) atoms. The molecule has 1 atom stereocenters. The number of hydrogen-bond acceptors (Lipinski definition) is 6. The normalized spacial score (nSPS) is 16.4. The van der Waals surface area contributed by atoms with Crippen LogP contribution in [0.25, 0.3) is 0 Å². The van der Waals surface area contributed by atoms with Crippen molar-refractivity contribution in [3.63, 3.8) is 0 Å². The first kappa shape index (κ1) is 18.9. The van der Waals surface area contributed by atoms with E-state index in [0.29, 0.717) is 5.01 Å². The monoisotopic (exact) mass is 417 g/mol. The fourth-order valence-electron chi connectivity index (χ4n) is 3.32. The maximum atomic E-state index is 13.2. The van der Waals surface area contributed by atoms with Gasteiger partial charge in [-0.3, -0.25) is 0 Å². The molecule has 4 rings (SSSR count). The summed E-state index contributed by atoms with van der Waals surface area (Å²) < 4.78 is 19.2. The summed E-state index contributed by atoms with van der Waals surface area (Å²) in [6.07, 6.45) is 6.66. The number of aryl methyl sites for hydroxylation is 2. The molecular weight excluding hydrogens is 398 g/mol. The van der Waals surface area contributed by atoms with Crippen molar-refractivity contribution in [1.82, 2.24) is 9.71 Å². The van der Waals surface area contributed by atoms with E-state index in [4.69, 9.17) is 5.26 Å². The lowest BCUT2D eigenvalue weighted by atomic mass is 9.76. The minimum absolute atomic E-state index is 0.107. The summed E-state index contributed by atoms with van der Waals surface area (Å²) >= 11 is 0.945. The molecule has 0 spiro atoms. The van der Waals surface area contributed by atoms with Crippen LogP contribution in [0.2, 0.25) is 0 Å². The van der Waals surface area contributed by atoms with Gasteiger partial charge in [0, 0.05) is 5.69 Å². The zero-order chi connectivity index (χ0) is 20.1. The van der Waals surface area contributed by atoms with Crippen molar-refractivity contribution in [2.45, 2.75) is 49.3 Å². The summed E-state index contributed by atoms with van der Waals surface area (Å²) in [5.74, 6) is 0. The van der Waals surface area contributed by atoms with Crippen LogP contribution in [0.4, 0.5) is 10.5 Å². The summed E-state index contributed by atoms with van der Waals surface area (Å²) in [7, 11) is -3.54. The van der Waals surface area contributed by atoms with Gasteiger partial charge in [0.1, 0.15) is 14.8 Å². The average molecular weight is 418 g/mol. The first-order valence-corrected chi connectivity index (χ1v) is 11.1. The van der Waals surface area contributed by atoms with Gasteiger partial charge in [0.15, 0.2) is 16.1 Å². The van der Waals surface area contributed by atoms with Gasteiger partial charge in [0.25, 0.3) is 0 Å². The Kier molecular flexibility index (Phi) is 4.41. The van der Waals surface area contributed by atoms with Gasteiger partial charge < -0.3 is 10.4 Å². The molecular formula is C18H19N5O3S2. The first-order valence-electron chi connectivity index (χ1n) is 8.80. The second-order valence-electron chi connectivity index (χ2n) is 7.33. The minimum atomic E-state index is -3.54. The Morgan fingerprint density at radius 2 is 1.96 bits per heavy atom. The van der Waals surface area contributed by atoms with Gasteiger partial charge in [0.2, 0.25) is 0 Å². The fourth-order valence-corrected chi connectivity index (χ4v) is 5.73. The highest BCUT2D eigenvalue weighted by atomic mass is 32.2. The number of fused-ring (bicyclic) bond motifs is 2. The summed E-state index contributed by atoms with van der Waals surface area (Å²) in [6.45, 7) is 3.09. The maximum Gasteiger partial charge on any atom is 0.355 e. The number of rotatable bonds is 4. The Hall–Kier alpha value is -2.48. The van der Waals surface area contributed by atoms with Gasteiger partial charge in [0.05, 0.1) is 6.20 Å². The third-order valence-electron chi connectivity index (χ3n) is 4.92. The Balaban J connectivity index is 1.68. The van der Waals surface area contributed by atoms with E-state index >= 15 is 0 Å². The number of nitrogens with zero attached hydrogens (tertiary/aromatic N) is 3. The number of benzene rings is 1. The lowest BCUT2D eigenvalue weighted by molar-refractivity contribution is 0.0783. The zero-order valence-corrected chi connectivity index (χ0v) is 17.0. The molecule has 2 amide bonds. The molecule has 0 saturated heterocycles. The predicted molar refractivity (Wildman–Crippen MR) is 105 cm³/mol. The predicted octanol–water partition coefficient (Wildman–Crippen LogP) is 2.61. The van der Waals surface area contributed by atoms with Crippen molar-refractivity contribution in [2.24, 2.45) is 4.36 Å². The molecule has 146 valence electrons. The van der Waals surface area contributed by atoms with E-state index in [0.717, 1.165) is 53.8 Å². The van der Waals surface area contributed by atoms with Crippen LogP contribution in [0.3, 0.4) is 0 Å². The van der Waals surface area contributed by atoms with Gasteiger partial charge in [-0.1, -0.05) is 6.07 Å². The van der Waals surface area contributed by atoms with Crippen LogP contribution in [0.5, 0.6) is 0 Å². The van der Waals surface area contributed by atoms with Crippen LogP contribution in [-0.4, -0.2) is 20.3 Å². The Morgan fingerprint density at radius 1 is 1.32 bits per heavy atom. The smallest absolute Gasteiger partial charge is 0.355 e. The molecule has 0 saturated carbocycles. The number of nitriles is 1. The van der Waals surface area contributed by atoms with Crippen molar-refractivity contribution < 1.29 is 14.1 Å². The van der Waals surface area contributed by atoms with E-state index in [2.05, 4.69) is 25.5 Å².